The number of hydrogen-bond donors (Lipinski definition) is 1. The van der Waals surface area contributed by atoms with Crippen molar-refractivity contribution in [1.82, 2.24) is 25.0 Å². The van der Waals surface area contributed by atoms with Gasteiger partial charge >= 0.3 is 0 Å². The van der Waals surface area contributed by atoms with E-state index >= 15 is 0 Å². The van der Waals surface area contributed by atoms with Crippen LogP contribution in [0.5, 0.6) is 5.88 Å². The number of amides is 1. The molecule has 0 aliphatic carbocycles. The second-order valence-electron chi connectivity index (χ2n) is 7.18. The molecule has 1 fully saturated rings. The Hall–Kier alpha value is -2.15. The molecular formula is C19H29N5O2. The van der Waals surface area contributed by atoms with E-state index in [1.54, 1.807) is 11.8 Å². The lowest BCUT2D eigenvalue weighted by atomic mass is 10.00. The quantitative estimate of drug-likeness (QED) is 0.848. The molecule has 0 saturated carbocycles. The predicted molar refractivity (Wildman–Crippen MR) is 101 cm³/mol. The maximum atomic E-state index is 12.6. The molecule has 3 heterocycles. The van der Waals surface area contributed by atoms with Gasteiger partial charge in [0.05, 0.1) is 12.5 Å². The van der Waals surface area contributed by atoms with Crippen molar-refractivity contribution in [2.45, 2.75) is 33.1 Å². The lowest BCUT2D eigenvalue weighted by molar-refractivity contribution is -0.130. The molecule has 1 N–H and O–H groups in total. The highest BCUT2D eigenvalue weighted by atomic mass is 16.5. The Morgan fingerprint density at radius 3 is 2.85 bits per heavy atom. The summed E-state index contributed by atoms with van der Waals surface area (Å²) in [5.74, 6) is 1.40. The first kappa shape index (κ1) is 18.6. The summed E-state index contributed by atoms with van der Waals surface area (Å²) in [5, 5.41) is 8.53. The molecule has 0 spiro atoms. The Labute approximate surface area is 154 Å². The van der Waals surface area contributed by atoms with Gasteiger partial charge in [0.1, 0.15) is 0 Å². The van der Waals surface area contributed by atoms with Gasteiger partial charge < -0.3 is 15.0 Å². The largest absolute Gasteiger partial charge is 0.479 e. The van der Waals surface area contributed by atoms with E-state index in [4.69, 9.17) is 9.72 Å². The molecule has 1 amide bonds. The van der Waals surface area contributed by atoms with Gasteiger partial charge in [-0.1, -0.05) is 0 Å². The Kier molecular flexibility index (Phi) is 5.46. The van der Waals surface area contributed by atoms with Crippen molar-refractivity contribution in [2.24, 2.45) is 13.0 Å². The molecule has 7 nitrogen and oxygen atoms in total. The molecule has 1 aliphatic rings. The van der Waals surface area contributed by atoms with Crippen LogP contribution in [0.25, 0.3) is 11.0 Å². The third kappa shape index (κ3) is 3.40. The number of aromatic nitrogens is 3. The average Bonchev–Trinajstić information content (AvgIpc) is 3.20. The maximum absolute atomic E-state index is 12.6. The highest BCUT2D eigenvalue weighted by Crippen LogP contribution is 2.30. The Balaban J connectivity index is 1.76. The van der Waals surface area contributed by atoms with Crippen LogP contribution >= 0.6 is 0 Å². The Morgan fingerprint density at radius 2 is 2.15 bits per heavy atom. The number of hydrogen-bond acceptors (Lipinski definition) is 5. The van der Waals surface area contributed by atoms with Crippen molar-refractivity contribution >= 4 is 16.9 Å². The number of rotatable bonds is 6. The number of likely N-dealkylation sites (tertiary alicyclic amines) is 1. The fraction of sp³-hybridized carbons (Fsp3) is 0.632. The Morgan fingerprint density at radius 1 is 1.38 bits per heavy atom. The number of aryl methyl sites for hydroxylation is 3. The molecule has 2 aromatic heterocycles. The third-order valence-electron chi connectivity index (χ3n) is 5.44. The molecule has 1 atom stereocenters. The number of nitrogens with one attached hydrogen (secondary N) is 1. The van der Waals surface area contributed by atoms with Crippen LogP contribution in [0.4, 0.5) is 0 Å². The molecular weight excluding hydrogens is 330 g/mol. The van der Waals surface area contributed by atoms with Crippen molar-refractivity contribution in [3.63, 3.8) is 0 Å². The number of carbonyl (C=O) groups excluding carboxylic acids is 1. The number of methoxy groups -OCH3 is 1. The third-order valence-corrected chi connectivity index (χ3v) is 5.44. The summed E-state index contributed by atoms with van der Waals surface area (Å²) in [7, 11) is 5.46. The van der Waals surface area contributed by atoms with Gasteiger partial charge in [-0.15, -0.1) is 5.10 Å². The summed E-state index contributed by atoms with van der Waals surface area (Å²) in [6.45, 7) is 6.79. The van der Waals surface area contributed by atoms with Gasteiger partial charge in [-0.25, -0.2) is 9.67 Å². The minimum absolute atomic E-state index is 0.237. The van der Waals surface area contributed by atoms with Crippen LogP contribution in [-0.2, 0) is 18.3 Å². The molecule has 1 aliphatic heterocycles. The molecule has 3 rings (SSSR count). The van der Waals surface area contributed by atoms with E-state index in [1.165, 1.54) is 0 Å². The van der Waals surface area contributed by atoms with Crippen LogP contribution < -0.4 is 10.1 Å². The first-order chi connectivity index (χ1) is 12.5. The normalized spacial score (nSPS) is 17.3. The molecule has 26 heavy (non-hydrogen) atoms. The van der Waals surface area contributed by atoms with Crippen LogP contribution in [-0.4, -0.2) is 59.4 Å². The summed E-state index contributed by atoms with van der Waals surface area (Å²) in [6, 6.07) is 0. The summed E-state index contributed by atoms with van der Waals surface area (Å²) in [5.41, 5.74) is 4.02. The number of nitrogens with zero attached hydrogens (tertiary/aromatic N) is 4. The number of pyridine rings is 1. The van der Waals surface area contributed by atoms with E-state index in [-0.39, 0.29) is 5.91 Å². The molecule has 0 aromatic carbocycles. The van der Waals surface area contributed by atoms with Gasteiger partial charge in [-0.05, 0) is 57.3 Å². The molecule has 1 saturated heterocycles. The van der Waals surface area contributed by atoms with Crippen molar-refractivity contribution in [1.29, 1.82) is 0 Å². The minimum Gasteiger partial charge on any atom is -0.479 e. The smallest absolute Gasteiger partial charge is 0.242 e. The average molecular weight is 359 g/mol. The lowest BCUT2D eigenvalue weighted by Gasteiger charge is -2.17. The van der Waals surface area contributed by atoms with E-state index < -0.39 is 0 Å². The molecule has 7 heteroatoms. The van der Waals surface area contributed by atoms with Crippen molar-refractivity contribution < 1.29 is 9.53 Å². The molecule has 0 bridgehead atoms. The molecule has 1 unspecified atom stereocenters. The summed E-state index contributed by atoms with van der Waals surface area (Å²) >= 11 is 0. The van der Waals surface area contributed by atoms with Crippen LogP contribution in [0, 0.1) is 19.8 Å². The summed E-state index contributed by atoms with van der Waals surface area (Å²) in [4.78, 5) is 19.3. The van der Waals surface area contributed by atoms with Crippen molar-refractivity contribution in [3.8, 4) is 5.88 Å². The zero-order valence-corrected chi connectivity index (χ0v) is 16.4. The van der Waals surface area contributed by atoms with Crippen molar-refractivity contribution in [2.75, 3.05) is 33.8 Å². The second-order valence-corrected chi connectivity index (χ2v) is 7.18. The van der Waals surface area contributed by atoms with Gasteiger partial charge in [-0.3, -0.25) is 4.79 Å². The Bertz CT molecular complexity index is 814. The van der Waals surface area contributed by atoms with Gasteiger partial charge in [-0.2, -0.15) is 0 Å². The summed E-state index contributed by atoms with van der Waals surface area (Å²) in [6.07, 6.45) is 2.30. The van der Waals surface area contributed by atoms with Gasteiger partial charge in [0, 0.05) is 32.3 Å². The molecule has 2 aromatic rings. The highest BCUT2D eigenvalue weighted by Gasteiger charge is 2.26. The van der Waals surface area contributed by atoms with Crippen LogP contribution in [0.3, 0.4) is 0 Å². The topological polar surface area (TPSA) is 72.3 Å². The van der Waals surface area contributed by atoms with E-state index in [0.717, 1.165) is 53.9 Å². The fourth-order valence-corrected chi connectivity index (χ4v) is 4.01. The molecule has 142 valence electrons. The number of ether oxygens (including phenoxy) is 1. The first-order valence-corrected chi connectivity index (χ1v) is 9.25. The van der Waals surface area contributed by atoms with Gasteiger partial charge in [0.2, 0.25) is 11.8 Å². The van der Waals surface area contributed by atoms with E-state index in [2.05, 4.69) is 17.3 Å². The standard InChI is InChI=1S/C19H29N5O2/c1-12-15(6-7-16(25)24-9-8-14(11-24)10-20-3)13(2)21-18-17(12)19(26-5)22-23(18)4/h14,20H,6-11H2,1-5H3. The zero-order valence-electron chi connectivity index (χ0n) is 16.4. The maximum Gasteiger partial charge on any atom is 0.242 e. The highest BCUT2D eigenvalue weighted by molar-refractivity contribution is 5.86. The van der Waals surface area contributed by atoms with Crippen LogP contribution in [0.15, 0.2) is 0 Å². The number of carbonyl (C=O) groups is 1. The zero-order chi connectivity index (χ0) is 18.8. The summed E-state index contributed by atoms with van der Waals surface area (Å²) < 4.78 is 7.16. The van der Waals surface area contributed by atoms with E-state index in [0.29, 0.717) is 24.6 Å². The second kappa shape index (κ2) is 7.61. The lowest BCUT2D eigenvalue weighted by Crippen LogP contribution is -2.30. The van der Waals surface area contributed by atoms with Gasteiger partial charge in [0.25, 0.3) is 0 Å². The van der Waals surface area contributed by atoms with Crippen LogP contribution in [0.2, 0.25) is 0 Å². The van der Waals surface area contributed by atoms with E-state index in [1.807, 2.05) is 25.9 Å². The fourth-order valence-electron chi connectivity index (χ4n) is 4.01. The SMILES string of the molecule is CNCC1CCN(C(=O)CCc2c(C)nc3c(c(OC)nn3C)c2C)C1. The monoisotopic (exact) mass is 359 g/mol. The van der Waals surface area contributed by atoms with Gasteiger partial charge in [0.15, 0.2) is 5.65 Å². The predicted octanol–water partition coefficient (Wildman–Crippen LogP) is 1.59. The van der Waals surface area contributed by atoms with Crippen molar-refractivity contribution in [3.05, 3.63) is 16.8 Å². The molecule has 0 radical (unpaired) electrons. The minimum atomic E-state index is 0.237. The van der Waals surface area contributed by atoms with E-state index in [9.17, 15) is 4.79 Å². The number of fused-ring (bicyclic) bond motifs is 1. The van der Waals surface area contributed by atoms with Crippen LogP contribution in [0.1, 0.15) is 29.7 Å². The first-order valence-electron chi connectivity index (χ1n) is 9.25.